The fourth-order valence-electron chi connectivity index (χ4n) is 2.18. The second kappa shape index (κ2) is 7.24. The molecule has 2 heteroatoms. The van der Waals surface area contributed by atoms with Crippen LogP contribution in [0.2, 0.25) is 0 Å². The van der Waals surface area contributed by atoms with Crippen LogP contribution >= 0.6 is 0 Å². The molecular formula is C13H28N2. The van der Waals surface area contributed by atoms with Crippen LogP contribution in [0.15, 0.2) is 0 Å². The summed E-state index contributed by atoms with van der Waals surface area (Å²) in [6, 6.07) is 1.53. The SMILES string of the molecule is CC(C)N(C)CCCCNC1CCCC1. The zero-order valence-corrected chi connectivity index (χ0v) is 10.8. The molecule has 0 amide bonds. The van der Waals surface area contributed by atoms with E-state index >= 15 is 0 Å². The van der Waals surface area contributed by atoms with Gasteiger partial charge in [0.05, 0.1) is 0 Å². The molecule has 0 heterocycles. The predicted octanol–water partition coefficient (Wildman–Crippen LogP) is 2.64. The zero-order valence-electron chi connectivity index (χ0n) is 10.8. The molecule has 0 unspecified atom stereocenters. The second-order valence-electron chi connectivity index (χ2n) is 5.22. The Labute approximate surface area is 95.4 Å². The van der Waals surface area contributed by atoms with Gasteiger partial charge in [-0.3, -0.25) is 0 Å². The lowest BCUT2D eigenvalue weighted by molar-refractivity contribution is 0.267. The molecule has 1 saturated carbocycles. The monoisotopic (exact) mass is 212 g/mol. The van der Waals surface area contributed by atoms with Gasteiger partial charge in [-0.15, -0.1) is 0 Å². The van der Waals surface area contributed by atoms with E-state index in [0.717, 1.165) is 6.04 Å². The van der Waals surface area contributed by atoms with Crippen molar-refractivity contribution in [2.75, 3.05) is 20.1 Å². The summed E-state index contributed by atoms with van der Waals surface area (Å²) in [4.78, 5) is 2.43. The Morgan fingerprint density at radius 2 is 1.87 bits per heavy atom. The first-order valence-corrected chi connectivity index (χ1v) is 6.64. The quantitative estimate of drug-likeness (QED) is 0.653. The predicted molar refractivity (Wildman–Crippen MR) is 67.3 cm³/mol. The Bertz CT molecular complexity index is 147. The number of hydrogen-bond acceptors (Lipinski definition) is 2. The van der Waals surface area contributed by atoms with Gasteiger partial charge in [0, 0.05) is 12.1 Å². The molecule has 90 valence electrons. The van der Waals surface area contributed by atoms with E-state index in [1.807, 2.05) is 0 Å². The highest BCUT2D eigenvalue weighted by Crippen LogP contribution is 2.17. The van der Waals surface area contributed by atoms with Gasteiger partial charge in [0.15, 0.2) is 0 Å². The summed E-state index contributed by atoms with van der Waals surface area (Å²) in [6.45, 7) is 6.98. The van der Waals surface area contributed by atoms with E-state index in [2.05, 4.69) is 31.1 Å². The normalized spacial score (nSPS) is 18.2. The summed E-state index contributed by atoms with van der Waals surface area (Å²) in [5.74, 6) is 0. The van der Waals surface area contributed by atoms with E-state index in [1.165, 1.54) is 51.6 Å². The Morgan fingerprint density at radius 1 is 1.20 bits per heavy atom. The molecule has 2 nitrogen and oxygen atoms in total. The van der Waals surface area contributed by atoms with Crippen LogP contribution in [0.4, 0.5) is 0 Å². The van der Waals surface area contributed by atoms with Crippen molar-refractivity contribution in [3.05, 3.63) is 0 Å². The topological polar surface area (TPSA) is 15.3 Å². The van der Waals surface area contributed by atoms with Crippen LogP contribution in [0.3, 0.4) is 0 Å². The molecule has 1 fully saturated rings. The van der Waals surface area contributed by atoms with E-state index in [0.29, 0.717) is 6.04 Å². The Morgan fingerprint density at radius 3 is 2.47 bits per heavy atom. The largest absolute Gasteiger partial charge is 0.314 e. The molecule has 0 radical (unpaired) electrons. The number of rotatable bonds is 7. The summed E-state index contributed by atoms with van der Waals surface area (Å²) in [5.41, 5.74) is 0. The first-order valence-electron chi connectivity index (χ1n) is 6.64. The van der Waals surface area contributed by atoms with Gasteiger partial charge in [-0.2, -0.15) is 0 Å². The average Bonchev–Trinajstić information content (AvgIpc) is 2.69. The lowest BCUT2D eigenvalue weighted by Gasteiger charge is -2.21. The first kappa shape index (κ1) is 13.0. The molecule has 0 spiro atoms. The summed E-state index contributed by atoms with van der Waals surface area (Å²) < 4.78 is 0. The number of nitrogens with zero attached hydrogens (tertiary/aromatic N) is 1. The minimum absolute atomic E-state index is 0.688. The van der Waals surface area contributed by atoms with Crippen molar-refractivity contribution >= 4 is 0 Å². The molecule has 0 atom stereocenters. The van der Waals surface area contributed by atoms with E-state index < -0.39 is 0 Å². The van der Waals surface area contributed by atoms with Gasteiger partial charge in [0.25, 0.3) is 0 Å². The maximum atomic E-state index is 3.67. The fraction of sp³-hybridized carbons (Fsp3) is 1.00. The van der Waals surface area contributed by atoms with Crippen LogP contribution in [-0.2, 0) is 0 Å². The Hall–Kier alpha value is -0.0800. The lowest BCUT2D eigenvalue weighted by atomic mass is 10.2. The molecule has 1 aliphatic carbocycles. The van der Waals surface area contributed by atoms with Crippen molar-refractivity contribution in [1.82, 2.24) is 10.2 Å². The Kier molecular flexibility index (Phi) is 6.26. The third-order valence-corrected chi connectivity index (χ3v) is 3.61. The van der Waals surface area contributed by atoms with Gasteiger partial charge in [-0.25, -0.2) is 0 Å². The fourth-order valence-corrected chi connectivity index (χ4v) is 2.18. The van der Waals surface area contributed by atoms with Crippen LogP contribution in [0.5, 0.6) is 0 Å². The highest BCUT2D eigenvalue weighted by atomic mass is 15.1. The van der Waals surface area contributed by atoms with Crippen molar-refractivity contribution in [2.45, 2.75) is 64.5 Å². The second-order valence-corrected chi connectivity index (χ2v) is 5.22. The van der Waals surface area contributed by atoms with Crippen molar-refractivity contribution in [3.63, 3.8) is 0 Å². The molecule has 1 rings (SSSR count). The van der Waals surface area contributed by atoms with Gasteiger partial charge in [0.1, 0.15) is 0 Å². The zero-order chi connectivity index (χ0) is 11.1. The van der Waals surface area contributed by atoms with Crippen LogP contribution < -0.4 is 5.32 Å². The number of nitrogens with one attached hydrogen (secondary N) is 1. The van der Waals surface area contributed by atoms with Gasteiger partial charge in [-0.05, 0) is 59.7 Å². The third-order valence-electron chi connectivity index (χ3n) is 3.61. The van der Waals surface area contributed by atoms with Gasteiger partial charge in [0.2, 0.25) is 0 Å². The molecule has 0 aromatic rings. The molecule has 0 saturated heterocycles. The summed E-state index contributed by atoms with van der Waals surface area (Å²) in [5, 5.41) is 3.67. The van der Waals surface area contributed by atoms with E-state index in [1.54, 1.807) is 0 Å². The van der Waals surface area contributed by atoms with Gasteiger partial charge >= 0.3 is 0 Å². The summed E-state index contributed by atoms with van der Waals surface area (Å²) >= 11 is 0. The maximum absolute atomic E-state index is 3.67. The van der Waals surface area contributed by atoms with E-state index in [9.17, 15) is 0 Å². The van der Waals surface area contributed by atoms with Crippen LogP contribution in [0.1, 0.15) is 52.4 Å². The molecule has 1 N–H and O–H groups in total. The molecule has 0 aliphatic heterocycles. The molecule has 0 aromatic heterocycles. The summed E-state index contributed by atoms with van der Waals surface area (Å²) in [6.07, 6.45) is 8.35. The molecule has 0 aromatic carbocycles. The first-order chi connectivity index (χ1) is 7.20. The third kappa shape index (κ3) is 5.53. The average molecular weight is 212 g/mol. The van der Waals surface area contributed by atoms with Crippen molar-refractivity contribution in [1.29, 1.82) is 0 Å². The van der Waals surface area contributed by atoms with Crippen LogP contribution in [0, 0.1) is 0 Å². The molecule has 1 aliphatic rings. The lowest BCUT2D eigenvalue weighted by Crippen LogP contribution is -2.29. The highest BCUT2D eigenvalue weighted by Gasteiger charge is 2.13. The van der Waals surface area contributed by atoms with Gasteiger partial charge in [-0.1, -0.05) is 12.8 Å². The van der Waals surface area contributed by atoms with E-state index in [-0.39, 0.29) is 0 Å². The van der Waals surface area contributed by atoms with Crippen molar-refractivity contribution in [3.8, 4) is 0 Å². The van der Waals surface area contributed by atoms with E-state index in [4.69, 9.17) is 0 Å². The smallest absolute Gasteiger partial charge is 0.00670 e. The maximum Gasteiger partial charge on any atom is 0.00670 e. The van der Waals surface area contributed by atoms with Gasteiger partial charge < -0.3 is 10.2 Å². The molecule has 15 heavy (non-hydrogen) atoms. The number of unbranched alkanes of at least 4 members (excludes halogenated alkanes) is 1. The van der Waals surface area contributed by atoms with Crippen LogP contribution in [-0.4, -0.2) is 37.1 Å². The minimum Gasteiger partial charge on any atom is -0.314 e. The summed E-state index contributed by atoms with van der Waals surface area (Å²) in [7, 11) is 2.22. The van der Waals surface area contributed by atoms with Crippen molar-refractivity contribution < 1.29 is 0 Å². The van der Waals surface area contributed by atoms with Crippen LogP contribution in [0.25, 0.3) is 0 Å². The number of hydrogen-bond donors (Lipinski definition) is 1. The molecular weight excluding hydrogens is 184 g/mol. The molecule has 0 bridgehead atoms. The highest BCUT2D eigenvalue weighted by molar-refractivity contribution is 4.73. The standard InChI is InChI=1S/C13H28N2/c1-12(2)15(3)11-7-6-10-14-13-8-4-5-9-13/h12-14H,4-11H2,1-3H3. The van der Waals surface area contributed by atoms with Crippen molar-refractivity contribution in [2.24, 2.45) is 0 Å². The Balaban J connectivity index is 1.88. The minimum atomic E-state index is 0.688.